The third-order valence-corrected chi connectivity index (χ3v) is 3.68. The first-order valence-corrected chi connectivity index (χ1v) is 6.18. The second-order valence-electron chi connectivity index (χ2n) is 5.04. The molecule has 17 heavy (non-hydrogen) atoms. The Morgan fingerprint density at radius 1 is 1.47 bits per heavy atom. The Kier molecular flexibility index (Phi) is 3.69. The Hall–Kier alpha value is -1.06. The van der Waals surface area contributed by atoms with E-state index in [1.54, 1.807) is 7.11 Å². The second-order valence-corrected chi connectivity index (χ2v) is 5.04. The molecule has 1 fully saturated rings. The molecule has 2 unspecified atom stereocenters. The van der Waals surface area contributed by atoms with Gasteiger partial charge in [0.15, 0.2) is 0 Å². The van der Waals surface area contributed by atoms with Crippen molar-refractivity contribution in [2.45, 2.75) is 25.4 Å². The summed E-state index contributed by atoms with van der Waals surface area (Å²) >= 11 is 0. The van der Waals surface area contributed by atoms with Crippen LogP contribution in [0, 0.1) is 5.92 Å². The summed E-state index contributed by atoms with van der Waals surface area (Å²) in [7, 11) is 1.67. The van der Waals surface area contributed by atoms with Gasteiger partial charge in [-0.3, -0.25) is 0 Å². The molecule has 2 atom stereocenters. The topological polar surface area (TPSA) is 41.5 Å². The summed E-state index contributed by atoms with van der Waals surface area (Å²) in [4.78, 5) is 0. The highest BCUT2D eigenvalue weighted by molar-refractivity contribution is 5.34. The molecule has 0 aliphatic carbocycles. The molecule has 1 aromatic carbocycles. The van der Waals surface area contributed by atoms with Gasteiger partial charge in [-0.05, 0) is 31.5 Å². The molecule has 0 amide bonds. The molecule has 0 spiro atoms. The van der Waals surface area contributed by atoms with Gasteiger partial charge in [-0.15, -0.1) is 0 Å². The van der Waals surface area contributed by atoms with Crippen LogP contribution in [0.15, 0.2) is 24.3 Å². The summed E-state index contributed by atoms with van der Waals surface area (Å²) in [5.74, 6) is 1.19. The molecule has 1 heterocycles. The maximum absolute atomic E-state index is 10.6. The molecular weight excluding hydrogens is 214 g/mol. The summed E-state index contributed by atoms with van der Waals surface area (Å²) in [5, 5.41) is 13.9. The number of para-hydroxylation sites is 1. The molecule has 0 saturated carbocycles. The van der Waals surface area contributed by atoms with Crippen molar-refractivity contribution in [1.29, 1.82) is 0 Å². The molecule has 2 rings (SSSR count). The highest BCUT2D eigenvalue weighted by Gasteiger charge is 2.34. The van der Waals surface area contributed by atoms with Crippen LogP contribution in [0.25, 0.3) is 0 Å². The Labute approximate surface area is 103 Å². The first kappa shape index (κ1) is 12.4. The lowest BCUT2D eigenvalue weighted by Crippen LogP contribution is -2.38. The standard InChI is InChI=1S/C14H21NO2/c1-14(16,12-7-8-15-10-12)9-11-5-3-4-6-13(11)17-2/h3-6,12,15-16H,7-10H2,1-2H3. The molecular formula is C14H21NO2. The van der Waals surface area contributed by atoms with E-state index in [2.05, 4.69) is 5.32 Å². The number of aliphatic hydroxyl groups is 1. The molecule has 94 valence electrons. The lowest BCUT2D eigenvalue weighted by atomic mass is 9.83. The van der Waals surface area contributed by atoms with Crippen LogP contribution in [0.1, 0.15) is 18.9 Å². The SMILES string of the molecule is COc1ccccc1CC(C)(O)C1CCNC1. The van der Waals surface area contributed by atoms with Crippen LogP contribution in [-0.2, 0) is 6.42 Å². The van der Waals surface area contributed by atoms with Gasteiger partial charge in [-0.25, -0.2) is 0 Å². The van der Waals surface area contributed by atoms with E-state index in [9.17, 15) is 5.11 Å². The van der Waals surface area contributed by atoms with Crippen LogP contribution >= 0.6 is 0 Å². The van der Waals surface area contributed by atoms with Crippen LogP contribution in [0.2, 0.25) is 0 Å². The summed E-state index contributed by atoms with van der Waals surface area (Å²) in [6.45, 7) is 3.84. The fourth-order valence-electron chi connectivity index (χ4n) is 2.56. The summed E-state index contributed by atoms with van der Waals surface area (Å²) in [5.41, 5.74) is 0.407. The van der Waals surface area contributed by atoms with Crippen molar-refractivity contribution in [1.82, 2.24) is 5.32 Å². The summed E-state index contributed by atoms with van der Waals surface area (Å²) in [6.07, 6.45) is 1.69. The number of hydrogen-bond acceptors (Lipinski definition) is 3. The minimum atomic E-state index is -0.669. The molecule has 2 N–H and O–H groups in total. The van der Waals surface area contributed by atoms with Gasteiger partial charge < -0.3 is 15.2 Å². The monoisotopic (exact) mass is 235 g/mol. The molecule has 1 aromatic rings. The molecule has 3 heteroatoms. The third kappa shape index (κ3) is 2.79. The largest absolute Gasteiger partial charge is 0.496 e. The van der Waals surface area contributed by atoms with Crippen LogP contribution in [0.5, 0.6) is 5.75 Å². The van der Waals surface area contributed by atoms with Crippen molar-refractivity contribution >= 4 is 0 Å². The van der Waals surface area contributed by atoms with Crippen molar-refractivity contribution in [2.24, 2.45) is 5.92 Å². The maximum Gasteiger partial charge on any atom is 0.122 e. The average molecular weight is 235 g/mol. The quantitative estimate of drug-likeness (QED) is 0.833. The fraction of sp³-hybridized carbons (Fsp3) is 0.571. The fourth-order valence-corrected chi connectivity index (χ4v) is 2.56. The molecule has 1 aliphatic heterocycles. The van der Waals surface area contributed by atoms with Crippen molar-refractivity contribution in [3.05, 3.63) is 29.8 Å². The Balaban J connectivity index is 2.13. The number of nitrogens with one attached hydrogen (secondary N) is 1. The van der Waals surface area contributed by atoms with Crippen LogP contribution < -0.4 is 10.1 Å². The van der Waals surface area contributed by atoms with Gasteiger partial charge in [0.2, 0.25) is 0 Å². The maximum atomic E-state index is 10.6. The average Bonchev–Trinajstić information content (AvgIpc) is 2.83. The lowest BCUT2D eigenvalue weighted by Gasteiger charge is -2.30. The van der Waals surface area contributed by atoms with Crippen molar-refractivity contribution < 1.29 is 9.84 Å². The number of ether oxygens (including phenoxy) is 1. The van der Waals surface area contributed by atoms with Gasteiger partial charge >= 0.3 is 0 Å². The second kappa shape index (κ2) is 5.07. The zero-order valence-corrected chi connectivity index (χ0v) is 10.6. The number of benzene rings is 1. The van der Waals surface area contributed by atoms with Gasteiger partial charge in [0.05, 0.1) is 12.7 Å². The van der Waals surface area contributed by atoms with Gasteiger partial charge in [-0.1, -0.05) is 18.2 Å². The van der Waals surface area contributed by atoms with Gasteiger partial charge in [0.1, 0.15) is 5.75 Å². The molecule has 1 saturated heterocycles. The Morgan fingerprint density at radius 3 is 2.88 bits per heavy atom. The van der Waals surface area contributed by atoms with E-state index in [0.29, 0.717) is 12.3 Å². The molecule has 1 aliphatic rings. The smallest absolute Gasteiger partial charge is 0.122 e. The summed E-state index contributed by atoms with van der Waals surface area (Å²) < 4.78 is 5.33. The minimum absolute atomic E-state index is 0.326. The highest BCUT2D eigenvalue weighted by atomic mass is 16.5. The highest BCUT2D eigenvalue weighted by Crippen LogP contribution is 2.30. The minimum Gasteiger partial charge on any atom is -0.496 e. The van der Waals surface area contributed by atoms with E-state index in [1.165, 1.54) is 0 Å². The molecule has 0 bridgehead atoms. The van der Waals surface area contributed by atoms with Crippen LogP contribution in [0.4, 0.5) is 0 Å². The van der Waals surface area contributed by atoms with Crippen molar-refractivity contribution in [3.63, 3.8) is 0 Å². The normalized spacial score (nSPS) is 23.4. The zero-order valence-electron chi connectivity index (χ0n) is 10.6. The molecule has 0 aromatic heterocycles. The predicted octanol–water partition coefficient (Wildman–Crippen LogP) is 1.60. The van der Waals surface area contributed by atoms with Gasteiger partial charge in [0, 0.05) is 18.9 Å². The third-order valence-electron chi connectivity index (χ3n) is 3.68. The van der Waals surface area contributed by atoms with Crippen LogP contribution in [0.3, 0.4) is 0 Å². The summed E-state index contributed by atoms with van der Waals surface area (Å²) in [6, 6.07) is 7.91. The van der Waals surface area contributed by atoms with Crippen molar-refractivity contribution in [3.8, 4) is 5.75 Å². The zero-order chi connectivity index (χ0) is 12.3. The Bertz CT molecular complexity index is 370. The first-order valence-electron chi connectivity index (χ1n) is 6.18. The van der Waals surface area contributed by atoms with E-state index < -0.39 is 5.60 Å². The predicted molar refractivity (Wildman–Crippen MR) is 68.3 cm³/mol. The molecule has 0 radical (unpaired) electrons. The number of methoxy groups -OCH3 is 1. The first-order chi connectivity index (χ1) is 8.13. The van der Waals surface area contributed by atoms with E-state index >= 15 is 0 Å². The van der Waals surface area contributed by atoms with Gasteiger partial charge in [-0.2, -0.15) is 0 Å². The van der Waals surface area contributed by atoms with E-state index in [-0.39, 0.29) is 0 Å². The van der Waals surface area contributed by atoms with E-state index in [4.69, 9.17) is 4.74 Å². The number of hydrogen-bond donors (Lipinski definition) is 2. The molecule has 3 nitrogen and oxygen atoms in total. The lowest BCUT2D eigenvalue weighted by molar-refractivity contribution is 0.00681. The van der Waals surface area contributed by atoms with Crippen molar-refractivity contribution in [2.75, 3.05) is 20.2 Å². The Morgan fingerprint density at radius 2 is 2.24 bits per heavy atom. The van der Waals surface area contributed by atoms with Crippen LogP contribution in [-0.4, -0.2) is 30.9 Å². The van der Waals surface area contributed by atoms with E-state index in [0.717, 1.165) is 30.8 Å². The van der Waals surface area contributed by atoms with E-state index in [1.807, 2.05) is 31.2 Å². The van der Waals surface area contributed by atoms with Gasteiger partial charge in [0.25, 0.3) is 0 Å². The number of rotatable bonds is 4.